The van der Waals surface area contributed by atoms with Crippen molar-refractivity contribution >= 4 is 17.8 Å². The van der Waals surface area contributed by atoms with Crippen LogP contribution < -0.4 is 10.6 Å². The predicted molar refractivity (Wildman–Crippen MR) is 115 cm³/mol. The SMILES string of the molecule is CN=C(NCC(=O)N1CCc2ccccc2C1)NCC1(C(=O)N(C)C)CCCC1. The molecular weight excluding hydrogens is 366 g/mol. The van der Waals surface area contributed by atoms with Gasteiger partial charge in [-0.15, -0.1) is 0 Å². The van der Waals surface area contributed by atoms with Crippen LogP contribution in [0.1, 0.15) is 36.8 Å². The lowest BCUT2D eigenvalue weighted by atomic mass is 9.84. The van der Waals surface area contributed by atoms with Gasteiger partial charge < -0.3 is 20.4 Å². The minimum absolute atomic E-state index is 0.0578. The van der Waals surface area contributed by atoms with Crippen LogP contribution >= 0.6 is 0 Å². The molecule has 158 valence electrons. The molecule has 0 atom stereocenters. The second-order valence-electron chi connectivity index (χ2n) is 8.30. The quantitative estimate of drug-likeness (QED) is 0.579. The molecule has 1 aliphatic carbocycles. The number of guanidine groups is 1. The maximum absolute atomic E-state index is 12.7. The van der Waals surface area contributed by atoms with Crippen molar-refractivity contribution in [3.8, 4) is 0 Å². The zero-order valence-corrected chi connectivity index (χ0v) is 17.8. The van der Waals surface area contributed by atoms with Gasteiger partial charge in [-0.1, -0.05) is 37.1 Å². The molecule has 7 nitrogen and oxygen atoms in total. The van der Waals surface area contributed by atoms with Gasteiger partial charge in [-0.2, -0.15) is 0 Å². The highest BCUT2D eigenvalue weighted by molar-refractivity contribution is 5.88. The maximum atomic E-state index is 12.7. The van der Waals surface area contributed by atoms with Crippen LogP contribution in [0, 0.1) is 5.41 Å². The minimum atomic E-state index is -0.373. The summed E-state index contributed by atoms with van der Waals surface area (Å²) < 4.78 is 0. The van der Waals surface area contributed by atoms with E-state index in [4.69, 9.17) is 0 Å². The molecule has 0 bridgehead atoms. The predicted octanol–water partition coefficient (Wildman–Crippen LogP) is 1.38. The summed E-state index contributed by atoms with van der Waals surface area (Å²) in [5.41, 5.74) is 2.18. The second-order valence-corrected chi connectivity index (χ2v) is 8.30. The van der Waals surface area contributed by atoms with Crippen LogP contribution in [0.2, 0.25) is 0 Å². The third-order valence-electron chi connectivity index (χ3n) is 6.13. The van der Waals surface area contributed by atoms with E-state index in [2.05, 4.69) is 27.8 Å². The fourth-order valence-electron chi connectivity index (χ4n) is 4.45. The highest BCUT2D eigenvalue weighted by atomic mass is 16.2. The van der Waals surface area contributed by atoms with Crippen LogP contribution in [0.4, 0.5) is 0 Å². The van der Waals surface area contributed by atoms with Crippen LogP contribution in [-0.4, -0.2) is 68.4 Å². The summed E-state index contributed by atoms with van der Waals surface area (Å²) in [4.78, 5) is 33.2. The third kappa shape index (κ3) is 4.89. The number of aliphatic imine (C=N–C) groups is 1. The Morgan fingerprint density at radius 2 is 1.83 bits per heavy atom. The molecule has 2 amide bonds. The van der Waals surface area contributed by atoms with Gasteiger partial charge in [-0.05, 0) is 30.4 Å². The van der Waals surface area contributed by atoms with E-state index in [1.807, 2.05) is 31.1 Å². The Bertz CT molecular complexity index is 768. The number of nitrogens with one attached hydrogen (secondary N) is 2. The van der Waals surface area contributed by atoms with Crippen molar-refractivity contribution in [1.29, 1.82) is 0 Å². The molecule has 0 aromatic heterocycles. The van der Waals surface area contributed by atoms with Crippen molar-refractivity contribution in [2.45, 2.75) is 38.6 Å². The molecule has 1 saturated carbocycles. The van der Waals surface area contributed by atoms with Gasteiger partial charge in [-0.3, -0.25) is 14.6 Å². The van der Waals surface area contributed by atoms with Gasteiger partial charge in [0, 0.05) is 40.8 Å². The Labute approximate surface area is 173 Å². The molecule has 0 spiro atoms. The Morgan fingerprint density at radius 3 is 2.48 bits per heavy atom. The summed E-state index contributed by atoms with van der Waals surface area (Å²) in [7, 11) is 5.31. The highest BCUT2D eigenvalue weighted by Gasteiger charge is 2.42. The van der Waals surface area contributed by atoms with Crippen LogP contribution in [0.15, 0.2) is 29.3 Å². The molecule has 1 fully saturated rings. The van der Waals surface area contributed by atoms with Gasteiger partial charge in [0.2, 0.25) is 11.8 Å². The molecule has 1 aromatic rings. The average molecular weight is 400 g/mol. The number of nitrogens with zero attached hydrogens (tertiary/aromatic N) is 3. The van der Waals surface area contributed by atoms with E-state index in [9.17, 15) is 9.59 Å². The zero-order chi connectivity index (χ0) is 20.9. The van der Waals surface area contributed by atoms with Crippen LogP contribution in [0.3, 0.4) is 0 Å². The number of fused-ring (bicyclic) bond motifs is 1. The standard InChI is InChI=1S/C22H33N5O2/c1-23-21(25-16-22(11-6-7-12-22)20(29)26(2)3)24-14-19(28)27-13-10-17-8-4-5-9-18(17)15-27/h4-5,8-9H,6-7,10-16H2,1-3H3,(H2,23,24,25). The van der Waals surface area contributed by atoms with Crippen LogP contribution in [0.5, 0.6) is 0 Å². The molecule has 0 saturated heterocycles. The fourth-order valence-corrected chi connectivity index (χ4v) is 4.45. The van der Waals surface area contributed by atoms with E-state index in [0.717, 1.165) is 38.6 Å². The lowest BCUT2D eigenvalue weighted by Crippen LogP contribution is -2.51. The minimum Gasteiger partial charge on any atom is -0.355 e. The summed E-state index contributed by atoms with van der Waals surface area (Å²) in [6, 6.07) is 8.29. The first-order chi connectivity index (χ1) is 13.9. The molecule has 1 aromatic carbocycles. The number of benzene rings is 1. The topological polar surface area (TPSA) is 77.0 Å². The Hall–Kier alpha value is -2.57. The van der Waals surface area contributed by atoms with Gasteiger partial charge in [0.05, 0.1) is 12.0 Å². The third-order valence-corrected chi connectivity index (χ3v) is 6.13. The summed E-state index contributed by atoms with van der Waals surface area (Å²) in [5, 5.41) is 6.41. The summed E-state index contributed by atoms with van der Waals surface area (Å²) in [5.74, 6) is 0.789. The Balaban J connectivity index is 1.52. The van der Waals surface area contributed by atoms with Crippen molar-refractivity contribution < 1.29 is 9.59 Å². The lowest BCUT2D eigenvalue weighted by molar-refractivity contribution is -0.139. The number of rotatable bonds is 5. The fraction of sp³-hybridized carbons (Fsp3) is 0.591. The van der Waals surface area contributed by atoms with E-state index >= 15 is 0 Å². The van der Waals surface area contributed by atoms with Crippen molar-refractivity contribution in [1.82, 2.24) is 20.4 Å². The van der Waals surface area contributed by atoms with Gasteiger partial charge in [0.15, 0.2) is 5.96 Å². The normalized spacial score (nSPS) is 18.2. The van der Waals surface area contributed by atoms with Crippen molar-refractivity contribution in [2.75, 3.05) is 40.8 Å². The van der Waals surface area contributed by atoms with E-state index in [0.29, 0.717) is 19.0 Å². The number of amides is 2. The molecule has 1 aliphatic heterocycles. The summed E-state index contributed by atoms with van der Waals surface area (Å²) in [6.07, 6.45) is 4.81. The van der Waals surface area contributed by atoms with E-state index in [-0.39, 0.29) is 23.8 Å². The molecular formula is C22H33N5O2. The lowest BCUT2D eigenvalue weighted by Gasteiger charge is -2.32. The van der Waals surface area contributed by atoms with E-state index < -0.39 is 0 Å². The number of carbonyl (C=O) groups excluding carboxylic acids is 2. The molecule has 7 heteroatoms. The largest absolute Gasteiger partial charge is 0.355 e. The number of hydrogen-bond donors (Lipinski definition) is 2. The summed E-state index contributed by atoms with van der Waals surface area (Å²) in [6.45, 7) is 2.12. The first-order valence-corrected chi connectivity index (χ1v) is 10.5. The second kappa shape index (κ2) is 9.29. The zero-order valence-electron chi connectivity index (χ0n) is 17.8. The molecule has 2 N–H and O–H groups in total. The van der Waals surface area contributed by atoms with Gasteiger partial charge in [-0.25, -0.2) is 0 Å². The van der Waals surface area contributed by atoms with Gasteiger partial charge >= 0.3 is 0 Å². The van der Waals surface area contributed by atoms with Gasteiger partial charge in [0.1, 0.15) is 0 Å². The highest BCUT2D eigenvalue weighted by Crippen LogP contribution is 2.38. The number of hydrogen-bond acceptors (Lipinski definition) is 3. The Morgan fingerprint density at radius 1 is 1.14 bits per heavy atom. The monoisotopic (exact) mass is 399 g/mol. The van der Waals surface area contributed by atoms with Crippen molar-refractivity contribution in [3.05, 3.63) is 35.4 Å². The maximum Gasteiger partial charge on any atom is 0.242 e. The molecule has 3 rings (SSSR count). The van der Waals surface area contributed by atoms with E-state index in [1.54, 1.807) is 11.9 Å². The van der Waals surface area contributed by atoms with Crippen molar-refractivity contribution in [3.63, 3.8) is 0 Å². The smallest absolute Gasteiger partial charge is 0.242 e. The van der Waals surface area contributed by atoms with Gasteiger partial charge in [0.25, 0.3) is 0 Å². The first kappa shape index (κ1) is 21.1. The van der Waals surface area contributed by atoms with Crippen LogP contribution in [0.25, 0.3) is 0 Å². The number of carbonyl (C=O) groups is 2. The average Bonchev–Trinajstić information content (AvgIpc) is 3.22. The molecule has 0 unspecified atom stereocenters. The summed E-state index contributed by atoms with van der Waals surface area (Å²) >= 11 is 0. The molecule has 2 aliphatic rings. The van der Waals surface area contributed by atoms with Crippen molar-refractivity contribution in [2.24, 2.45) is 10.4 Å². The van der Waals surface area contributed by atoms with E-state index in [1.165, 1.54) is 11.1 Å². The molecule has 0 radical (unpaired) electrons. The Kier molecular flexibility index (Phi) is 6.77. The van der Waals surface area contributed by atoms with Crippen LogP contribution in [-0.2, 0) is 22.6 Å². The first-order valence-electron chi connectivity index (χ1n) is 10.5. The molecule has 1 heterocycles. The molecule has 29 heavy (non-hydrogen) atoms.